The van der Waals surface area contributed by atoms with Crippen molar-refractivity contribution >= 4 is 28.5 Å². The van der Waals surface area contributed by atoms with Crippen molar-refractivity contribution in [3.05, 3.63) is 101 Å². The lowest BCUT2D eigenvalue weighted by molar-refractivity contribution is 0.0867. The van der Waals surface area contributed by atoms with Gasteiger partial charge in [-0.25, -0.2) is 14.6 Å². The summed E-state index contributed by atoms with van der Waals surface area (Å²) in [5.41, 5.74) is 4.62. The Bertz CT molecular complexity index is 1610. The minimum Gasteiger partial charge on any atom is -0.341 e. The number of nitrogens with zero attached hydrogens (tertiary/aromatic N) is 6. The van der Waals surface area contributed by atoms with Gasteiger partial charge in [0.1, 0.15) is 18.0 Å². The Labute approximate surface area is 213 Å². The zero-order valence-corrected chi connectivity index (χ0v) is 20.7. The van der Waals surface area contributed by atoms with Crippen molar-refractivity contribution in [2.45, 2.75) is 38.8 Å². The largest absolute Gasteiger partial charge is 0.341 e. The zero-order valence-electron chi connectivity index (χ0n) is 19.9. The van der Waals surface area contributed by atoms with Crippen LogP contribution in [0.3, 0.4) is 0 Å². The highest BCUT2D eigenvalue weighted by Gasteiger charge is 2.39. The van der Waals surface area contributed by atoms with E-state index in [0.29, 0.717) is 29.4 Å². The second-order valence-electron chi connectivity index (χ2n) is 9.28. The summed E-state index contributed by atoms with van der Waals surface area (Å²) in [7, 11) is 0. The molecule has 36 heavy (non-hydrogen) atoms. The fraction of sp³-hybridized carbons (Fsp3) is 0.222. The third-order valence-corrected chi connectivity index (χ3v) is 7.13. The first-order chi connectivity index (χ1) is 17.4. The predicted octanol–water partition coefficient (Wildman–Crippen LogP) is 4.55. The third kappa shape index (κ3) is 3.83. The molecule has 0 aliphatic carbocycles. The topological polar surface area (TPSA) is 90.5 Å². The smallest absolute Gasteiger partial charge is 0.253 e. The summed E-state index contributed by atoms with van der Waals surface area (Å²) < 4.78 is 3.85. The van der Waals surface area contributed by atoms with Crippen molar-refractivity contribution in [2.75, 3.05) is 0 Å². The number of imidazole rings is 1. The van der Waals surface area contributed by atoms with Gasteiger partial charge in [0.15, 0.2) is 0 Å². The summed E-state index contributed by atoms with van der Waals surface area (Å²) in [5, 5.41) is 7.99. The fourth-order valence-corrected chi connectivity index (χ4v) is 5.23. The van der Waals surface area contributed by atoms with E-state index in [4.69, 9.17) is 16.6 Å². The van der Waals surface area contributed by atoms with Gasteiger partial charge in [-0.05, 0) is 67.8 Å². The number of carbonyl (C=O) groups excluding carboxylic acids is 1. The molecule has 0 spiro atoms. The van der Waals surface area contributed by atoms with E-state index in [9.17, 15) is 4.79 Å². The molecule has 180 valence electrons. The number of amides is 1. The van der Waals surface area contributed by atoms with Crippen molar-refractivity contribution in [3.8, 4) is 5.69 Å². The van der Waals surface area contributed by atoms with E-state index in [0.717, 1.165) is 34.5 Å². The molecule has 8 nitrogen and oxygen atoms in total. The molecule has 0 saturated heterocycles. The standard InChI is InChI=1S/C27H24ClN7O/c1-17-5-8-24-23(12-17)31-25-9-10-27(15-34(24)25,19-4-3-11-29-14-19)32-26(36)21-7-6-20(13-22(21)28)35-16-30-18(2)33-35/h3-8,11-14,16H,9-10,15H2,1-2H3,(H,32,36)/t27-/m1/s1. The van der Waals surface area contributed by atoms with Gasteiger partial charge in [0.25, 0.3) is 5.91 Å². The lowest BCUT2D eigenvalue weighted by Gasteiger charge is -2.39. The van der Waals surface area contributed by atoms with Crippen molar-refractivity contribution in [2.24, 2.45) is 0 Å². The highest BCUT2D eigenvalue weighted by Crippen LogP contribution is 2.36. The number of halogens is 1. The van der Waals surface area contributed by atoms with Gasteiger partial charge in [0.2, 0.25) is 0 Å². The van der Waals surface area contributed by atoms with Gasteiger partial charge >= 0.3 is 0 Å². The van der Waals surface area contributed by atoms with Gasteiger partial charge in [-0.3, -0.25) is 9.78 Å². The zero-order chi connectivity index (χ0) is 24.9. The number of hydrogen-bond donors (Lipinski definition) is 1. The van der Waals surface area contributed by atoms with Crippen molar-refractivity contribution in [1.29, 1.82) is 0 Å². The molecule has 9 heteroatoms. The molecular weight excluding hydrogens is 474 g/mol. The van der Waals surface area contributed by atoms with Gasteiger partial charge in [-0.2, -0.15) is 5.10 Å². The molecule has 0 unspecified atom stereocenters. The molecule has 0 radical (unpaired) electrons. The normalized spacial score (nSPS) is 17.2. The second kappa shape index (κ2) is 8.57. The van der Waals surface area contributed by atoms with Crippen LogP contribution in [0.15, 0.2) is 67.3 Å². The number of pyridine rings is 1. The van der Waals surface area contributed by atoms with E-state index in [2.05, 4.69) is 50.1 Å². The number of rotatable bonds is 4. The molecular formula is C27H24ClN7O. The first-order valence-electron chi connectivity index (χ1n) is 11.8. The Morgan fingerprint density at radius 1 is 1.14 bits per heavy atom. The summed E-state index contributed by atoms with van der Waals surface area (Å²) in [6.45, 7) is 4.43. The van der Waals surface area contributed by atoms with E-state index < -0.39 is 5.54 Å². The van der Waals surface area contributed by atoms with Crippen LogP contribution < -0.4 is 5.32 Å². The van der Waals surface area contributed by atoms with Gasteiger partial charge in [-0.1, -0.05) is 23.7 Å². The molecule has 5 aromatic rings. The monoisotopic (exact) mass is 497 g/mol. The number of nitrogens with one attached hydrogen (secondary N) is 1. The van der Waals surface area contributed by atoms with Crippen LogP contribution in [-0.4, -0.2) is 35.2 Å². The van der Waals surface area contributed by atoms with Crippen LogP contribution >= 0.6 is 11.6 Å². The Morgan fingerprint density at radius 2 is 2.03 bits per heavy atom. The molecule has 2 aromatic carbocycles. The van der Waals surface area contributed by atoms with E-state index in [1.54, 1.807) is 29.3 Å². The molecule has 1 aliphatic heterocycles. The number of hydrogen-bond acceptors (Lipinski definition) is 5. The maximum absolute atomic E-state index is 13.6. The molecule has 0 fully saturated rings. The maximum Gasteiger partial charge on any atom is 0.253 e. The maximum atomic E-state index is 13.6. The number of carbonyl (C=O) groups is 1. The summed E-state index contributed by atoms with van der Waals surface area (Å²) in [6, 6.07) is 15.5. The summed E-state index contributed by atoms with van der Waals surface area (Å²) >= 11 is 6.60. The number of aromatic nitrogens is 6. The molecule has 1 atom stereocenters. The van der Waals surface area contributed by atoms with Crippen molar-refractivity contribution in [3.63, 3.8) is 0 Å². The van der Waals surface area contributed by atoms with Gasteiger partial charge in [0.05, 0.1) is 39.4 Å². The number of aryl methyl sites for hydroxylation is 3. The van der Waals surface area contributed by atoms with Gasteiger partial charge in [-0.15, -0.1) is 0 Å². The predicted molar refractivity (Wildman–Crippen MR) is 137 cm³/mol. The molecule has 0 bridgehead atoms. The summed E-state index contributed by atoms with van der Waals surface area (Å²) in [6.07, 6.45) is 6.60. The van der Waals surface area contributed by atoms with E-state index in [1.165, 1.54) is 5.56 Å². The Hall–Kier alpha value is -4.04. The van der Waals surface area contributed by atoms with Crippen molar-refractivity contribution in [1.82, 2.24) is 34.6 Å². The Morgan fingerprint density at radius 3 is 2.78 bits per heavy atom. The van der Waals surface area contributed by atoms with E-state index >= 15 is 0 Å². The van der Waals surface area contributed by atoms with Crippen LogP contribution in [0.1, 0.15) is 39.6 Å². The van der Waals surface area contributed by atoms with Crippen LogP contribution in [0.5, 0.6) is 0 Å². The molecule has 4 heterocycles. The van der Waals surface area contributed by atoms with Crippen LogP contribution in [0.2, 0.25) is 5.02 Å². The molecule has 1 aliphatic rings. The Kier molecular flexibility index (Phi) is 5.34. The van der Waals surface area contributed by atoms with Crippen molar-refractivity contribution < 1.29 is 4.79 Å². The molecule has 0 saturated carbocycles. The number of fused-ring (bicyclic) bond motifs is 3. The highest BCUT2D eigenvalue weighted by molar-refractivity contribution is 6.34. The third-order valence-electron chi connectivity index (χ3n) is 6.82. The van der Waals surface area contributed by atoms with Crippen LogP contribution in [0, 0.1) is 13.8 Å². The average Bonchev–Trinajstić information content (AvgIpc) is 3.47. The molecule has 1 N–H and O–H groups in total. The summed E-state index contributed by atoms with van der Waals surface area (Å²) in [4.78, 5) is 27.0. The quantitative estimate of drug-likeness (QED) is 0.393. The number of benzene rings is 2. The second-order valence-corrected chi connectivity index (χ2v) is 9.69. The lowest BCUT2D eigenvalue weighted by Crippen LogP contribution is -2.51. The molecule has 6 rings (SSSR count). The first kappa shape index (κ1) is 22.4. The minimum absolute atomic E-state index is 0.242. The highest BCUT2D eigenvalue weighted by atomic mass is 35.5. The van der Waals surface area contributed by atoms with E-state index in [-0.39, 0.29) is 5.91 Å². The fourth-order valence-electron chi connectivity index (χ4n) is 4.97. The van der Waals surface area contributed by atoms with E-state index in [1.807, 2.05) is 31.3 Å². The summed E-state index contributed by atoms with van der Waals surface area (Å²) in [5.74, 6) is 1.44. The van der Waals surface area contributed by atoms with Gasteiger partial charge < -0.3 is 9.88 Å². The van der Waals surface area contributed by atoms with Gasteiger partial charge in [0, 0.05) is 18.8 Å². The SMILES string of the molecule is Cc1ccc2c(c1)nc1n2C[C@@](NC(=O)c2ccc(-n3cnc(C)n3)cc2Cl)(c2cccnc2)CC1. The average molecular weight is 498 g/mol. The molecule has 3 aromatic heterocycles. The van der Waals surface area contributed by atoms with Crippen LogP contribution in [-0.2, 0) is 18.5 Å². The minimum atomic E-state index is -0.665. The lowest BCUT2D eigenvalue weighted by atomic mass is 9.83. The van der Waals surface area contributed by atoms with Crippen LogP contribution in [0.4, 0.5) is 0 Å². The first-order valence-corrected chi connectivity index (χ1v) is 12.2. The van der Waals surface area contributed by atoms with Crippen LogP contribution in [0.25, 0.3) is 16.7 Å². The Balaban J connectivity index is 1.37. The molecule has 1 amide bonds.